The number of β-amino-alcohol motifs (C(OH)–C–C–N with tert-alkyl or cyclic N) is 1. The fourth-order valence-corrected chi connectivity index (χ4v) is 1.63. The summed E-state index contributed by atoms with van der Waals surface area (Å²) in [7, 11) is 1.60. The fraction of sp³-hybridized carbons (Fsp3) is 0.571. The third-order valence-corrected chi connectivity index (χ3v) is 2.61. The minimum absolute atomic E-state index is 0.0312. The van der Waals surface area contributed by atoms with Crippen LogP contribution < -0.4 is 5.32 Å². The van der Waals surface area contributed by atoms with Crippen molar-refractivity contribution in [1.82, 2.24) is 5.32 Å². The van der Waals surface area contributed by atoms with Crippen molar-refractivity contribution < 1.29 is 9.84 Å². The Morgan fingerprint density at radius 3 is 2.24 bits per heavy atom. The zero-order valence-corrected chi connectivity index (χ0v) is 11.2. The Hall–Kier alpha value is -0.900. The van der Waals surface area contributed by atoms with E-state index in [9.17, 15) is 5.11 Å². The van der Waals surface area contributed by atoms with Crippen LogP contribution in [0.1, 0.15) is 26.3 Å². The van der Waals surface area contributed by atoms with Gasteiger partial charge in [0.15, 0.2) is 0 Å². The molecule has 1 unspecified atom stereocenters. The number of aliphatic hydroxyl groups is 1. The van der Waals surface area contributed by atoms with E-state index in [1.807, 2.05) is 30.3 Å². The van der Waals surface area contributed by atoms with Crippen LogP contribution in [0, 0.1) is 0 Å². The van der Waals surface area contributed by atoms with Crippen molar-refractivity contribution in [2.75, 3.05) is 20.3 Å². The van der Waals surface area contributed by atoms with E-state index in [-0.39, 0.29) is 12.1 Å². The van der Waals surface area contributed by atoms with Crippen LogP contribution >= 0.6 is 0 Å². The molecule has 0 aliphatic carbocycles. The van der Waals surface area contributed by atoms with Crippen LogP contribution in [0.3, 0.4) is 0 Å². The van der Waals surface area contributed by atoms with E-state index >= 15 is 0 Å². The van der Waals surface area contributed by atoms with E-state index in [0.717, 1.165) is 5.56 Å². The number of hydrogen-bond donors (Lipinski definition) is 2. The summed E-state index contributed by atoms with van der Waals surface area (Å²) in [6, 6.07) is 9.63. The van der Waals surface area contributed by atoms with Crippen molar-refractivity contribution >= 4 is 0 Å². The van der Waals surface area contributed by atoms with E-state index < -0.39 is 5.60 Å². The quantitative estimate of drug-likeness (QED) is 0.822. The van der Waals surface area contributed by atoms with Crippen molar-refractivity contribution in [3.8, 4) is 0 Å². The SMILES string of the molecule is COCC(O)(CNC(C)(C)C)c1ccccc1. The minimum atomic E-state index is -0.983. The van der Waals surface area contributed by atoms with E-state index in [2.05, 4.69) is 26.1 Å². The molecule has 0 aliphatic rings. The van der Waals surface area contributed by atoms with Gasteiger partial charge < -0.3 is 15.2 Å². The van der Waals surface area contributed by atoms with Gasteiger partial charge >= 0.3 is 0 Å². The summed E-state index contributed by atoms with van der Waals surface area (Å²) in [6.07, 6.45) is 0. The van der Waals surface area contributed by atoms with Crippen molar-refractivity contribution in [2.24, 2.45) is 0 Å². The van der Waals surface area contributed by atoms with Crippen LogP contribution in [0.2, 0.25) is 0 Å². The Morgan fingerprint density at radius 1 is 1.18 bits per heavy atom. The van der Waals surface area contributed by atoms with Crippen molar-refractivity contribution in [2.45, 2.75) is 31.9 Å². The first-order chi connectivity index (χ1) is 7.87. The Labute approximate surface area is 104 Å². The van der Waals surface area contributed by atoms with E-state index in [1.165, 1.54) is 0 Å². The van der Waals surface area contributed by atoms with Crippen LogP contribution in [-0.4, -0.2) is 30.9 Å². The molecule has 0 spiro atoms. The number of methoxy groups -OCH3 is 1. The molecule has 0 aliphatic heterocycles. The Kier molecular flexibility index (Phi) is 4.69. The third-order valence-electron chi connectivity index (χ3n) is 2.61. The standard InChI is InChI=1S/C14H23NO2/c1-13(2,3)15-10-14(16,11-17-4)12-8-6-5-7-9-12/h5-9,15-16H,10-11H2,1-4H3. The highest BCUT2D eigenvalue weighted by Gasteiger charge is 2.30. The van der Waals surface area contributed by atoms with Crippen molar-refractivity contribution in [3.05, 3.63) is 35.9 Å². The fourth-order valence-electron chi connectivity index (χ4n) is 1.63. The normalized spacial score (nSPS) is 15.6. The second-order valence-electron chi connectivity index (χ2n) is 5.43. The molecule has 1 aromatic carbocycles. The number of benzene rings is 1. The highest BCUT2D eigenvalue weighted by molar-refractivity contribution is 5.23. The van der Waals surface area contributed by atoms with Gasteiger partial charge in [-0.15, -0.1) is 0 Å². The summed E-state index contributed by atoms with van der Waals surface area (Å²) in [5.74, 6) is 0. The predicted molar refractivity (Wildman–Crippen MR) is 70.0 cm³/mol. The second kappa shape index (κ2) is 5.63. The molecular formula is C14H23NO2. The first kappa shape index (κ1) is 14.2. The van der Waals surface area contributed by atoms with Crippen LogP contribution in [0.15, 0.2) is 30.3 Å². The van der Waals surface area contributed by atoms with Crippen LogP contribution in [0.25, 0.3) is 0 Å². The zero-order valence-electron chi connectivity index (χ0n) is 11.2. The van der Waals surface area contributed by atoms with Crippen LogP contribution in [-0.2, 0) is 10.3 Å². The molecular weight excluding hydrogens is 214 g/mol. The zero-order chi connectivity index (χ0) is 12.9. The molecule has 0 amide bonds. The summed E-state index contributed by atoms with van der Waals surface area (Å²) in [5.41, 5.74) is -0.140. The molecule has 0 saturated carbocycles. The Balaban J connectivity index is 2.82. The average Bonchev–Trinajstić information content (AvgIpc) is 2.27. The summed E-state index contributed by atoms with van der Waals surface area (Å²) >= 11 is 0. The molecule has 3 nitrogen and oxygen atoms in total. The first-order valence-corrected chi connectivity index (χ1v) is 5.89. The second-order valence-corrected chi connectivity index (χ2v) is 5.43. The van der Waals surface area contributed by atoms with Gasteiger partial charge in [0.05, 0.1) is 6.61 Å². The summed E-state index contributed by atoms with van der Waals surface area (Å²) in [5, 5.41) is 14.0. The van der Waals surface area contributed by atoms with E-state index in [4.69, 9.17) is 4.74 Å². The highest BCUT2D eigenvalue weighted by Crippen LogP contribution is 2.21. The largest absolute Gasteiger partial charge is 0.381 e. The Bertz CT molecular complexity index is 332. The van der Waals surface area contributed by atoms with Crippen molar-refractivity contribution in [1.29, 1.82) is 0 Å². The van der Waals surface area contributed by atoms with E-state index in [1.54, 1.807) is 7.11 Å². The lowest BCUT2D eigenvalue weighted by Crippen LogP contribution is -2.48. The molecule has 1 aromatic rings. The molecule has 3 heteroatoms. The summed E-state index contributed by atoms with van der Waals surface area (Å²) < 4.78 is 5.14. The van der Waals surface area contributed by atoms with Gasteiger partial charge in [-0.3, -0.25) is 0 Å². The molecule has 0 bridgehead atoms. The van der Waals surface area contributed by atoms with Gasteiger partial charge in [0, 0.05) is 19.2 Å². The average molecular weight is 237 g/mol. The lowest BCUT2D eigenvalue weighted by molar-refractivity contribution is -0.0380. The predicted octanol–water partition coefficient (Wildman–Crippen LogP) is 1.91. The van der Waals surface area contributed by atoms with Gasteiger partial charge in [0.25, 0.3) is 0 Å². The van der Waals surface area contributed by atoms with Gasteiger partial charge in [-0.25, -0.2) is 0 Å². The van der Waals surface area contributed by atoms with Gasteiger partial charge in [-0.05, 0) is 26.3 Å². The van der Waals surface area contributed by atoms with Crippen molar-refractivity contribution in [3.63, 3.8) is 0 Å². The van der Waals surface area contributed by atoms with E-state index in [0.29, 0.717) is 6.54 Å². The van der Waals surface area contributed by atoms with Gasteiger partial charge in [0.2, 0.25) is 0 Å². The molecule has 2 N–H and O–H groups in total. The van der Waals surface area contributed by atoms with Gasteiger partial charge in [0.1, 0.15) is 5.60 Å². The summed E-state index contributed by atoms with van der Waals surface area (Å²) in [4.78, 5) is 0. The molecule has 1 atom stereocenters. The monoisotopic (exact) mass is 237 g/mol. The lowest BCUT2D eigenvalue weighted by Gasteiger charge is -2.32. The molecule has 96 valence electrons. The maximum Gasteiger partial charge on any atom is 0.125 e. The smallest absolute Gasteiger partial charge is 0.125 e. The lowest BCUT2D eigenvalue weighted by atomic mass is 9.93. The van der Waals surface area contributed by atoms with Crippen LogP contribution in [0.5, 0.6) is 0 Å². The first-order valence-electron chi connectivity index (χ1n) is 5.89. The minimum Gasteiger partial charge on any atom is -0.381 e. The molecule has 17 heavy (non-hydrogen) atoms. The molecule has 0 saturated heterocycles. The number of rotatable bonds is 5. The molecule has 0 heterocycles. The third kappa shape index (κ3) is 4.46. The van der Waals surface area contributed by atoms with Gasteiger partial charge in [-0.2, -0.15) is 0 Å². The van der Waals surface area contributed by atoms with Gasteiger partial charge in [-0.1, -0.05) is 30.3 Å². The molecule has 0 aromatic heterocycles. The topological polar surface area (TPSA) is 41.5 Å². The number of hydrogen-bond acceptors (Lipinski definition) is 3. The Morgan fingerprint density at radius 2 is 1.76 bits per heavy atom. The van der Waals surface area contributed by atoms with Crippen LogP contribution in [0.4, 0.5) is 0 Å². The number of ether oxygens (including phenoxy) is 1. The highest BCUT2D eigenvalue weighted by atomic mass is 16.5. The maximum absolute atomic E-state index is 10.7. The maximum atomic E-state index is 10.7. The summed E-state index contributed by atoms with van der Waals surface area (Å²) in [6.45, 7) is 6.97. The number of nitrogens with one attached hydrogen (secondary N) is 1. The molecule has 0 radical (unpaired) electrons. The molecule has 1 rings (SSSR count). The molecule has 0 fully saturated rings.